The molecule has 0 amide bonds. The Balaban J connectivity index is 2.08. The maximum atomic E-state index is 11.0. The summed E-state index contributed by atoms with van der Waals surface area (Å²) >= 11 is 0. The summed E-state index contributed by atoms with van der Waals surface area (Å²) in [5.41, 5.74) is 2.15. The highest BCUT2D eigenvalue weighted by Gasteiger charge is 2.23. The second-order valence-electron chi connectivity index (χ2n) is 5.01. The molecule has 1 aromatic carbocycles. The highest BCUT2D eigenvalue weighted by Crippen LogP contribution is 2.34. The van der Waals surface area contributed by atoms with Gasteiger partial charge in [0.25, 0.3) is 0 Å². The molecule has 1 saturated carbocycles. The number of nitrogens with one attached hydrogen (secondary N) is 1. The fraction of sp³-hybridized carbons (Fsp3) is 0.500. The molecule has 0 radical (unpaired) electrons. The topological polar surface area (TPSA) is 49.3 Å². The molecule has 0 bridgehead atoms. The Labute approximate surface area is 102 Å². The molecule has 1 atom stereocenters. The van der Waals surface area contributed by atoms with E-state index in [1.54, 1.807) is 12.1 Å². The quantitative estimate of drug-likeness (QED) is 0.820. The minimum atomic E-state index is -0.860. The van der Waals surface area contributed by atoms with Crippen LogP contribution in [0.15, 0.2) is 18.2 Å². The molecule has 1 fully saturated rings. The summed E-state index contributed by atoms with van der Waals surface area (Å²) in [6.07, 6.45) is 3.87. The Hall–Kier alpha value is -1.51. The normalized spacial score (nSPS) is 16.6. The van der Waals surface area contributed by atoms with Crippen LogP contribution in [0.25, 0.3) is 0 Å². The average Bonchev–Trinajstić information content (AvgIpc) is 3.04. The number of carboxylic acid groups (broad SMARTS) is 1. The highest BCUT2D eigenvalue weighted by atomic mass is 16.4. The van der Waals surface area contributed by atoms with Gasteiger partial charge in [0.05, 0.1) is 5.56 Å². The lowest BCUT2D eigenvalue weighted by Gasteiger charge is -2.17. The molecule has 0 spiro atoms. The summed E-state index contributed by atoms with van der Waals surface area (Å²) in [4.78, 5) is 11.0. The standard InChI is InChI=1S/C14H19NO2/c1-9(8-11-6-7-11)15-13-5-3-4-12(10(13)2)14(16)17/h3-5,9,11,15H,6-8H2,1-2H3,(H,16,17). The first-order valence-corrected chi connectivity index (χ1v) is 6.17. The number of anilines is 1. The van der Waals surface area contributed by atoms with Crippen LogP contribution in [0.3, 0.4) is 0 Å². The van der Waals surface area contributed by atoms with Crippen molar-refractivity contribution in [2.75, 3.05) is 5.32 Å². The number of benzene rings is 1. The first-order valence-electron chi connectivity index (χ1n) is 6.17. The third-order valence-electron chi connectivity index (χ3n) is 3.35. The minimum absolute atomic E-state index is 0.383. The molecular weight excluding hydrogens is 214 g/mol. The Kier molecular flexibility index (Phi) is 3.36. The maximum Gasteiger partial charge on any atom is 0.336 e. The number of rotatable bonds is 5. The predicted octanol–water partition coefficient (Wildman–Crippen LogP) is 3.29. The fourth-order valence-electron chi connectivity index (χ4n) is 2.20. The van der Waals surface area contributed by atoms with Gasteiger partial charge in [-0.25, -0.2) is 4.79 Å². The zero-order valence-electron chi connectivity index (χ0n) is 10.4. The van der Waals surface area contributed by atoms with Crippen molar-refractivity contribution in [3.63, 3.8) is 0 Å². The number of hydrogen-bond acceptors (Lipinski definition) is 2. The Bertz CT molecular complexity index is 424. The van der Waals surface area contributed by atoms with E-state index in [0.717, 1.165) is 17.2 Å². The van der Waals surface area contributed by atoms with Crippen molar-refractivity contribution in [3.8, 4) is 0 Å². The lowest BCUT2D eigenvalue weighted by Crippen LogP contribution is -2.17. The van der Waals surface area contributed by atoms with Crippen LogP contribution in [-0.2, 0) is 0 Å². The van der Waals surface area contributed by atoms with Gasteiger partial charge < -0.3 is 10.4 Å². The first-order chi connectivity index (χ1) is 8.08. The van der Waals surface area contributed by atoms with E-state index in [9.17, 15) is 4.79 Å². The molecule has 1 aromatic rings. The SMILES string of the molecule is Cc1c(NC(C)CC2CC2)cccc1C(=O)O. The van der Waals surface area contributed by atoms with Gasteiger partial charge in [-0.3, -0.25) is 0 Å². The molecule has 3 heteroatoms. The Morgan fingerprint density at radius 3 is 2.82 bits per heavy atom. The van der Waals surface area contributed by atoms with Gasteiger partial charge in [0.2, 0.25) is 0 Å². The van der Waals surface area contributed by atoms with Gasteiger partial charge in [0, 0.05) is 11.7 Å². The second kappa shape index (κ2) is 4.78. The van der Waals surface area contributed by atoms with Gasteiger partial charge in [0.15, 0.2) is 0 Å². The molecule has 1 aliphatic carbocycles. The van der Waals surface area contributed by atoms with Crippen molar-refractivity contribution in [3.05, 3.63) is 29.3 Å². The summed E-state index contributed by atoms with van der Waals surface area (Å²) in [7, 11) is 0. The van der Waals surface area contributed by atoms with Crippen molar-refractivity contribution in [1.82, 2.24) is 0 Å². The zero-order chi connectivity index (χ0) is 12.4. The van der Waals surface area contributed by atoms with E-state index in [4.69, 9.17) is 5.11 Å². The summed E-state index contributed by atoms with van der Waals surface area (Å²) < 4.78 is 0. The van der Waals surface area contributed by atoms with Crippen LogP contribution in [0.2, 0.25) is 0 Å². The van der Waals surface area contributed by atoms with E-state index < -0.39 is 5.97 Å². The van der Waals surface area contributed by atoms with Crippen LogP contribution < -0.4 is 5.32 Å². The van der Waals surface area contributed by atoms with Crippen molar-refractivity contribution in [2.45, 2.75) is 39.2 Å². The van der Waals surface area contributed by atoms with E-state index in [-0.39, 0.29) is 0 Å². The number of aromatic carboxylic acids is 1. The lowest BCUT2D eigenvalue weighted by molar-refractivity contribution is 0.0696. The molecule has 17 heavy (non-hydrogen) atoms. The zero-order valence-corrected chi connectivity index (χ0v) is 10.4. The van der Waals surface area contributed by atoms with Crippen LogP contribution in [0.4, 0.5) is 5.69 Å². The van der Waals surface area contributed by atoms with Gasteiger partial charge in [-0.1, -0.05) is 18.9 Å². The van der Waals surface area contributed by atoms with Crippen LogP contribution in [0.5, 0.6) is 0 Å². The summed E-state index contributed by atoms with van der Waals surface area (Å²) in [6.45, 7) is 4.01. The van der Waals surface area contributed by atoms with E-state index in [1.165, 1.54) is 19.3 Å². The maximum absolute atomic E-state index is 11.0. The smallest absolute Gasteiger partial charge is 0.336 e. The molecule has 3 nitrogen and oxygen atoms in total. The van der Waals surface area contributed by atoms with E-state index >= 15 is 0 Å². The van der Waals surface area contributed by atoms with Crippen molar-refractivity contribution < 1.29 is 9.90 Å². The largest absolute Gasteiger partial charge is 0.478 e. The van der Waals surface area contributed by atoms with E-state index in [2.05, 4.69) is 12.2 Å². The third kappa shape index (κ3) is 2.99. The van der Waals surface area contributed by atoms with Gasteiger partial charge in [-0.05, 0) is 43.9 Å². The number of carboxylic acids is 1. The van der Waals surface area contributed by atoms with Crippen molar-refractivity contribution in [1.29, 1.82) is 0 Å². The minimum Gasteiger partial charge on any atom is -0.478 e. The molecule has 0 aromatic heterocycles. The van der Waals surface area contributed by atoms with Crippen LogP contribution >= 0.6 is 0 Å². The third-order valence-corrected chi connectivity index (χ3v) is 3.35. The van der Waals surface area contributed by atoms with E-state index in [0.29, 0.717) is 11.6 Å². The Morgan fingerprint density at radius 2 is 2.24 bits per heavy atom. The summed E-state index contributed by atoms with van der Waals surface area (Å²) in [5, 5.41) is 12.5. The number of carbonyl (C=O) groups is 1. The van der Waals surface area contributed by atoms with Crippen LogP contribution in [0.1, 0.15) is 42.1 Å². The first kappa shape index (κ1) is 12.0. The average molecular weight is 233 g/mol. The fourth-order valence-corrected chi connectivity index (χ4v) is 2.20. The van der Waals surface area contributed by atoms with Gasteiger partial charge in [0.1, 0.15) is 0 Å². The molecular formula is C14H19NO2. The predicted molar refractivity (Wildman–Crippen MR) is 68.6 cm³/mol. The van der Waals surface area contributed by atoms with Crippen molar-refractivity contribution in [2.24, 2.45) is 5.92 Å². The van der Waals surface area contributed by atoms with Crippen LogP contribution in [-0.4, -0.2) is 17.1 Å². The molecule has 92 valence electrons. The molecule has 2 rings (SSSR count). The van der Waals surface area contributed by atoms with E-state index in [1.807, 2.05) is 13.0 Å². The van der Waals surface area contributed by atoms with Gasteiger partial charge in [-0.15, -0.1) is 0 Å². The molecule has 0 saturated heterocycles. The number of hydrogen-bond donors (Lipinski definition) is 2. The molecule has 1 aliphatic rings. The summed E-state index contributed by atoms with van der Waals surface area (Å²) in [6, 6.07) is 5.80. The lowest BCUT2D eigenvalue weighted by atomic mass is 10.1. The molecule has 1 unspecified atom stereocenters. The van der Waals surface area contributed by atoms with Crippen molar-refractivity contribution >= 4 is 11.7 Å². The van der Waals surface area contributed by atoms with Crippen LogP contribution in [0, 0.1) is 12.8 Å². The molecule has 2 N–H and O–H groups in total. The van der Waals surface area contributed by atoms with Gasteiger partial charge in [-0.2, -0.15) is 0 Å². The summed E-state index contributed by atoms with van der Waals surface area (Å²) in [5.74, 6) is 0.0152. The highest BCUT2D eigenvalue weighted by molar-refractivity contribution is 5.91. The second-order valence-corrected chi connectivity index (χ2v) is 5.01. The molecule has 0 heterocycles. The molecule has 0 aliphatic heterocycles. The monoisotopic (exact) mass is 233 g/mol. The van der Waals surface area contributed by atoms with Gasteiger partial charge >= 0.3 is 5.97 Å². The Morgan fingerprint density at radius 1 is 1.53 bits per heavy atom.